The minimum Gasteiger partial charge on any atom is -0.383 e. The number of anilines is 1. The fraction of sp³-hybridized carbons (Fsp3) is 0.400. The molecule has 0 saturated carbocycles. The van der Waals surface area contributed by atoms with E-state index in [4.69, 9.17) is 28.9 Å². The van der Waals surface area contributed by atoms with Crippen molar-refractivity contribution >= 4 is 29.0 Å². The Kier molecular flexibility index (Phi) is 4.03. The molecule has 0 spiro atoms. The van der Waals surface area contributed by atoms with Crippen LogP contribution < -0.4 is 5.73 Å². The van der Waals surface area contributed by atoms with E-state index in [-0.39, 0.29) is 5.54 Å². The zero-order chi connectivity index (χ0) is 15.1. The predicted octanol–water partition coefficient (Wildman–Crippen LogP) is 4.76. The standard InChI is InChI=1S/C15H19Cl2N3/c1-5-11-19-13(14(18)20(11)15(2,3)4)12-9(16)7-6-8-10(12)17/h6-8H,5,18H2,1-4H3. The highest BCUT2D eigenvalue weighted by Gasteiger charge is 2.25. The van der Waals surface area contributed by atoms with Crippen LogP contribution in [0.3, 0.4) is 0 Å². The third-order valence-electron chi connectivity index (χ3n) is 3.17. The van der Waals surface area contributed by atoms with Gasteiger partial charge in [0.15, 0.2) is 0 Å². The van der Waals surface area contributed by atoms with Crippen LogP contribution in [0.4, 0.5) is 5.82 Å². The summed E-state index contributed by atoms with van der Waals surface area (Å²) in [4.78, 5) is 4.66. The van der Waals surface area contributed by atoms with E-state index in [0.29, 0.717) is 27.1 Å². The number of nitrogens with two attached hydrogens (primary N) is 1. The van der Waals surface area contributed by atoms with Crippen LogP contribution in [0.2, 0.25) is 10.0 Å². The molecule has 0 amide bonds. The lowest BCUT2D eigenvalue weighted by atomic mass is 10.1. The third kappa shape index (κ3) is 2.52. The molecule has 0 unspecified atom stereocenters. The van der Waals surface area contributed by atoms with E-state index < -0.39 is 0 Å². The number of nitrogens with zero attached hydrogens (tertiary/aromatic N) is 2. The Labute approximate surface area is 129 Å². The lowest BCUT2D eigenvalue weighted by Gasteiger charge is -2.24. The summed E-state index contributed by atoms with van der Waals surface area (Å²) in [6.07, 6.45) is 0.795. The smallest absolute Gasteiger partial charge is 0.132 e. The number of aryl methyl sites for hydroxylation is 1. The molecule has 0 radical (unpaired) electrons. The summed E-state index contributed by atoms with van der Waals surface area (Å²) in [5, 5.41) is 1.12. The van der Waals surface area contributed by atoms with Gasteiger partial charge in [-0.25, -0.2) is 4.98 Å². The molecule has 1 heterocycles. The molecule has 0 aliphatic heterocycles. The average molecular weight is 312 g/mol. The number of hydrogen-bond donors (Lipinski definition) is 1. The minimum atomic E-state index is -0.144. The highest BCUT2D eigenvalue weighted by molar-refractivity contribution is 6.39. The van der Waals surface area contributed by atoms with Crippen molar-refractivity contribution < 1.29 is 0 Å². The van der Waals surface area contributed by atoms with Crippen molar-refractivity contribution in [3.63, 3.8) is 0 Å². The normalized spacial score (nSPS) is 11.9. The third-order valence-corrected chi connectivity index (χ3v) is 3.80. The quantitative estimate of drug-likeness (QED) is 0.869. The Morgan fingerprint density at radius 2 is 1.75 bits per heavy atom. The topological polar surface area (TPSA) is 43.8 Å². The summed E-state index contributed by atoms with van der Waals surface area (Å²) < 4.78 is 2.04. The van der Waals surface area contributed by atoms with Gasteiger partial charge in [0.05, 0.1) is 10.0 Å². The average Bonchev–Trinajstić information content (AvgIpc) is 2.66. The number of rotatable bonds is 2. The molecule has 0 bridgehead atoms. The first-order chi connectivity index (χ1) is 9.27. The molecule has 0 aliphatic carbocycles. The molecule has 2 rings (SSSR count). The van der Waals surface area contributed by atoms with E-state index in [1.54, 1.807) is 12.1 Å². The summed E-state index contributed by atoms with van der Waals surface area (Å²) in [6, 6.07) is 5.40. The maximum atomic E-state index is 6.32. The monoisotopic (exact) mass is 311 g/mol. The molecule has 5 heteroatoms. The Bertz CT molecular complexity index is 619. The Morgan fingerprint density at radius 1 is 1.20 bits per heavy atom. The van der Waals surface area contributed by atoms with E-state index in [0.717, 1.165) is 12.2 Å². The molecular weight excluding hydrogens is 293 g/mol. The predicted molar refractivity (Wildman–Crippen MR) is 86.5 cm³/mol. The van der Waals surface area contributed by atoms with Gasteiger partial charge in [-0.05, 0) is 32.9 Å². The van der Waals surface area contributed by atoms with E-state index in [1.807, 2.05) is 10.6 Å². The van der Waals surface area contributed by atoms with Crippen molar-refractivity contribution in [2.75, 3.05) is 5.73 Å². The SMILES string of the molecule is CCc1nc(-c2c(Cl)cccc2Cl)c(N)n1C(C)(C)C. The Balaban J connectivity index is 2.75. The van der Waals surface area contributed by atoms with Crippen molar-refractivity contribution in [1.29, 1.82) is 0 Å². The van der Waals surface area contributed by atoms with Crippen LogP contribution in [0.25, 0.3) is 11.3 Å². The number of halogens is 2. The van der Waals surface area contributed by atoms with Gasteiger partial charge in [0, 0.05) is 17.5 Å². The Hall–Kier alpha value is -1.19. The first-order valence-electron chi connectivity index (χ1n) is 6.59. The lowest BCUT2D eigenvalue weighted by Crippen LogP contribution is -2.25. The molecule has 0 fully saturated rings. The summed E-state index contributed by atoms with van der Waals surface area (Å²) in [5.41, 5.74) is 7.53. The first kappa shape index (κ1) is 15.2. The van der Waals surface area contributed by atoms with E-state index >= 15 is 0 Å². The van der Waals surface area contributed by atoms with Crippen molar-refractivity contribution in [3.05, 3.63) is 34.1 Å². The molecule has 3 nitrogen and oxygen atoms in total. The van der Waals surface area contributed by atoms with Gasteiger partial charge < -0.3 is 10.3 Å². The fourth-order valence-corrected chi connectivity index (χ4v) is 2.95. The highest BCUT2D eigenvalue weighted by Crippen LogP contribution is 2.39. The summed E-state index contributed by atoms with van der Waals surface area (Å²) >= 11 is 12.5. The van der Waals surface area contributed by atoms with Crippen molar-refractivity contribution in [1.82, 2.24) is 9.55 Å². The van der Waals surface area contributed by atoms with Gasteiger partial charge in [0.2, 0.25) is 0 Å². The number of hydrogen-bond acceptors (Lipinski definition) is 2. The zero-order valence-electron chi connectivity index (χ0n) is 12.2. The maximum Gasteiger partial charge on any atom is 0.132 e. The minimum absolute atomic E-state index is 0.144. The van der Waals surface area contributed by atoms with Gasteiger partial charge in [-0.1, -0.05) is 36.2 Å². The first-order valence-corrected chi connectivity index (χ1v) is 7.35. The fourth-order valence-electron chi connectivity index (χ4n) is 2.37. The molecule has 0 saturated heterocycles. The summed E-state index contributed by atoms with van der Waals surface area (Å²) in [7, 11) is 0. The van der Waals surface area contributed by atoms with Crippen molar-refractivity contribution in [2.24, 2.45) is 0 Å². The van der Waals surface area contributed by atoms with Gasteiger partial charge in [-0.2, -0.15) is 0 Å². The number of nitrogen functional groups attached to an aromatic ring is 1. The van der Waals surface area contributed by atoms with Crippen molar-refractivity contribution in [3.8, 4) is 11.3 Å². The molecule has 108 valence electrons. The number of imidazole rings is 1. The van der Waals surface area contributed by atoms with Crippen LogP contribution in [0.5, 0.6) is 0 Å². The molecular formula is C15H19Cl2N3. The van der Waals surface area contributed by atoms with Gasteiger partial charge in [0.25, 0.3) is 0 Å². The van der Waals surface area contributed by atoms with Crippen LogP contribution in [0.1, 0.15) is 33.5 Å². The lowest BCUT2D eigenvalue weighted by molar-refractivity contribution is 0.389. The van der Waals surface area contributed by atoms with Crippen LogP contribution in [-0.4, -0.2) is 9.55 Å². The number of aromatic nitrogens is 2. The molecule has 2 aromatic rings. The Morgan fingerprint density at radius 3 is 2.15 bits per heavy atom. The summed E-state index contributed by atoms with van der Waals surface area (Å²) in [6.45, 7) is 8.36. The molecule has 2 N–H and O–H groups in total. The highest BCUT2D eigenvalue weighted by atomic mass is 35.5. The van der Waals surface area contributed by atoms with Gasteiger partial charge in [0.1, 0.15) is 17.3 Å². The van der Waals surface area contributed by atoms with Crippen LogP contribution in [0, 0.1) is 0 Å². The molecule has 0 aliphatic rings. The van der Waals surface area contributed by atoms with E-state index in [9.17, 15) is 0 Å². The second kappa shape index (κ2) is 5.30. The molecule has 20 heavy (non-hydrogen) atoms. The molecule has 0 atom stereocenters. The van der Waals surface area contributed by atoms with E-state index in [1.165, 1.54) is 0 Å². The van der Waals surface area contributed by atoms with Crippen LogP contribution in [-0.2, 0) is 12.0 Å². The van der Waals surface area contributed by atoms with Gasteiger partial charge in [-0.15, -0.1) is 0 Å². The van der Waals surface area contributed by atoms with Crippen LogP contribution in [0.15, 0.2) is 18.2 Å². The van der Waals surface area contributed by atoms with Gasteiger partial charge in [-0.3, -0.25) is 0 Å². The summed E-state index contributed by atoms with van der Waals surface area (Å²) in [5.74, 6) is 1.53. The molecule has 1 aromatic carbocycles. The van der Waals surface area contributed by atoms with Gasteiger partial charge >= 0.3 is 0 Å². The van der Waals surface area contributed by atoms with Crippen molar-refractivity contribution in [2.45, 2.75) is 39.7 Å². The number of benzene rings is 1. The molecule has 1 aromatic heterocycles. The zero-order valence-corrected chi connectivity index (χ0v) is 13.7. The van der Waals surface area contributed by atoms with E-state index in [2.05, 4.69) is 32.7 Å². The maximum absolute atomic E-state index is 6.32. The second-order valence-corrected chi connectivity index (χ2v) is 6.53. The largest absolute Gasteiger partial charge is 0.383 e. The second-order valence-electron chi connectivity index (χ2n) is 5.72. The van der Waals surface area contributed by atoms with Crippen LogP contribution >= 0.6 is 23.2 Å².